The Morgan fingerprint density at radius 1 is 1.38 bits per heavy atom. The summed E-state index contributed by atoms with van der Waals surface area (Å²) in [5.74, 6) is 0.147. The van der Waals surface area contributed by atoms with Gasteiger partial charge in [-0.3, -0.25) is 0 Å². The van der Waals surface area contributed by atoms with E-state index in [1.54, 1.807) is 25.1 Å². The summed E-state index contributed by atoms with van der Waals surface area (Å²) in [5, 5.41) is 0. The Balaban J connectivity index is 3.27. The molecule has 13 heavy (non-hydrogen) atoms. The van der Waals surface area contributed by atoms with Crippen molar-refractivity contribution < 1.29 is 8.42 Å². The van der Waals surface area contributed by atoms with Crippen molar-refractivity contribution in [3.8, 4) is 0 Å². The molecule has 0 saturated heterocycles. The molecule has 0 aliphatic rings. The van der Waals surface area contributed by atoms with E-state index in [9.17, 15) is 8.42 Å². The number of rotatable bonds is 2. The molecule has 0 radical (unpaired) electrons. The smallest absolute Gasteiger partial charge is 0.178 e. The lowest BCUT2D eigenvalue weighted by Gasteiger charge is -2.03. The highest BCUT2D eigenvalue weighted by Crippen LogP contribution is 2.20. The quantitative estimate of drug-likeness (QED) is 0.821. The van der Waals surface area contributed by atoms with E-state index in [0.29, 0.717) is 4.90 Å². The second kappa shape index (κ2) is 3.80. The minimum atomic E-state index is -3.06. The largest absolute Gasteiger partial charge is 0.224 e. The van der Waals surface area contributed by atoms with Crippen LogP contribution in [0.1, 0.15) is 12.5 Å². The lowest BCUT2D eigenvalue weighted by atomic mass is 10.2. The van der Waals surface area contributed by atoms with Crippen LogP contribution in [-0.2, 0) is 9.84 Å². The Morgan fingerprint density at radius 3 is 2.46 bits per heavy atom. The molecule has 0 spiro atoms. The van der Waals surface area contributed by atoms with Crippen molar-refractivity contribution in [2.24, 2.45) is 0 Å². The first-order valence-electron chi connectivity index (χ1n) is 3.96. The van der Waals surface area contributed by atoms with Crippen LogP contribution in [0.5, 0.6) is 0 Å². The molecule has 0 atom stereocenters. The molecule has 0 aliphatic carbocycles. The molecular formula is C9H11BrO2S. The average Bonchev–Trinajstić information content (AvgIpc) is 2.09. The van der Waals surface area contributed by atoms with Gasteiger partial charge in [0, 0.05) is 4.47 Å². The number of halogens is 1. The summed E-state index contributed by atoms with van der Waals surface area (Å²) in [7, 11) is -3.06. The molecule has 1 aromatic carbocycles. The van der Waals surface area contributed by atoms with E-state index in [1.165, 1.54) is 0 Å². The highest BCUT2D eigenvalue weighted by molar-refractivity contribution is 9.10. The van der Waals surface area contributed by atoms with Gasteiger partial charge in [-0.15, -0.1) is 0 Å². The lowest BCUT2D eigenvalue weighted by molar-refractivity contribution is 0.597. The zero-order valence-corrected chi connectivity index (χ0v) is 9.94. The maximum atomic E-state index is 11.4. The summed E-state index contributed by atoms with van der Waals surface area (Å²) in [6, 6.07) is 5.07. The topological polar surface area (TPSA) is 34.1 Å². The predicted octanol–water partition coefficient (Wildman–Crippen LogP) is 2.55. The van der Waals surface area contributed by atoms with Crippen molar-refractivity contribution in [2.45, 2.75) is 18.7 Å². The summed E-state index contributed by atoms with van der Waals surface area (Å²) >= 11 is 3.32. The summed E-state index contributed by atoms with van der Waals surface area (Å²) in [4.78, 5) is 0.399. The van der Waals surface area contributed by atoms with Gasteiger partial charge in [0.25, 0.3) is 0 Å². The van der Waals surface area contributed by atoms with Gasteiger partial charge in [-0.05, 0) is 30.7 Å². The van der Waals surface area contributed by atoms with Crippen LogP contribution in [0.2, 0.25) is 0 Å². The van der Waals surface area contributed by atoms with Crippen molar-refractivity contribution in [3.05, 3.63) is 28.2 Å². The predicted molar refractivity (Wildman–Crippen MR) is 56.6 cm³/mol. The van der Waals surface area contributed by atoms with Gasteiger partial charge in [-0.2, -0.15) is 0 Å². The van der Waals surface area contributed by atoms with Crippen molar-refractivity contribution >= 4 is 25.8 Å². The van der Waals surface area contributed by atoms with E-state index >= 15 is 0 Å². The minimum Gasteiger partial charge on any atom is -0.224 e. The maximum absolute atomic E-state index is 11.4. The first-order valence-corrected chi connectivity index (χ1v) is 6.41. The third-order valence-corrected chi connectivity index (χ3v) is 4.49. The molecule has 0 heterocycles. The third kappa shape index (κ3) is 2.31. The van der Waals surface area contributed by atoms with E-state index in [1.807, 2.05) is 6.92 Å². The summed E-state index contributed by atoms with van der Waals surface area (Å²) < 4.78 is 23.8. The average molecular weight is 263 g/mol. The zero-order valence-electron chi connectivity index (χ0n) is 7.54. The molecule has 0 saturated carbocycles. The molecule has 0 bridgehead atoms. The van der Waals surface area contributed by atoms with Gasteiger partial charge in [0.15, 0.2) is 9.84 Å². The molecule has 0 aliphatic heterocycles. The van der Waals surface area contributed by atoms with Crippen LogP contribution in [0.15, 0.2) is 27.6 Å². The van der Waals surface area contributed by atoms with Crippen molar-refractivity contribution in [3.63, 3.8) is 0 Å². The van der Waals surface area contributed by atoms with Crippen LogP contribution in [0, 0.1) is 6.92 Å². The SMILES string of the molecule is CCS(=O)(=O)c1ccc(Br)c(C)c1. The molecule has 0 unspecified atom stereocenters. The fraction of sp³-hybridized carbons (Fsp3) is 0.333. The van der Waals surface area contributed by atoms with Crippen LogP contribution < -0.4 is 0 Å². The fourth-order valence-electron chi connectivity index (χ4n) is 0.977. The van der Waals surface area contributed by atoms with Crippen molar-refractivity contribution in [1.29, 1.82) is 0 Å². The highest BCUT2D eigenvalue weighted by atomic mass is 79.9. The van der Waals surface area contributed by atoms with Gasteiger partial charge < -0.3 is 0 Å². The lowest BCUT2D eigenvalue weighted by Crippen LogP contribution is -2.03. The zero-order chi connectivity index (χ0) is 10.1. The molecule has 0 fully saturated rings. The Morgan fingerprint density at radius 2 is 2.00 bits per heavy atom. The van der Waals surface area contributed by atoms with Gasteiger partial charge in [-0.25, -0.2) is 8.42 Å². The van der Waals surface area contributed by atoms with Crippen LogP contribution in [0.3, 0.4) is 0 Å². The number of aryl methyl sites for hydroxylation is 1. The van der Waals surface area contributed by atoms with E-state index < -0.39 is 9.84 Å². The summed E-state index contributed by atoms with van der Waals surface area (Å²) in [6.45, 7) is 3.52. The van der Waals surface area contributed by atoms with Gasteiger partial charge >= 0.3 is 0 Å². The molecular weight excluding hydrogens is 252 g/mol. The van der Waals surface area contributed by atoms with E-state index in [4.69, 9.17) is 0 Å². The van der Waals surface area contributed by atoms with Crippen molar-refractivity contribution in [1.82, 2.24) is 0 Å². The molecule has 0 N–H and O–H groups in total. The number of sulfone groups is 1. The van der Waals surface area contributed by atoms with Crippen LogP contribution in [0.4, 0.5) is 0 Å². The first-order chi connectivity index (χ1) is 5.97. The van der Waals surface area contributed by atoms with Gasteiger partial charge in [-0.1, -0.05) is 22.9 Å². The number of benzene rings is 1. The molecule has 72 valence electrons. The molecule has 0 amide bonds. The van der Waals surface area contributed by atoms with Gasteiger partial charge in [0.1, 0.15) is 0 Å². The fourth-order valence-corrected chi connectivity index (χ4v) is 2.19. The molecule has 4 heteroatoms. The summed E-state index contributed by atoms with van der Waals surface area (Å²) in [6.07, 6.45) is 0. The summed E-state index contributed by atoms with van der Waals surface area (Å²) in [5.41, 5.74) is 0.939. The van der Waals surface area contributed by atoms with Crippen LogP contribution >= 0.6 is 15.9 Å². The van der Waals surface area contributed by atoms with Gasteiger partial charge in [0.2, 0.25) is 0 Å². The Kier molecular flexibility index (Phi) is 3.14. The number of hydrogen-bond acceptors (Lipinski definition) is 2. The maximum Gasteiger partial charge on any atom is 0.178 e. The first kappa shape index (κ1) is 10.7. The van der Waals surface area contributed by atoms with Crippen molar-refractivity contribution in [2.75, 3.05) is 5.75 Å². The Bertz CT molecular complexity index is 410. The van der Waals surface area contributed by atoms with Crippen LogP contribution in [0.25, 0.3) is 0 Å². The van der Waals surface area contributed by atoms with Crippen LogP contribution in [-0.4, -0.2) is 14.2 Å². The Hall–Kier alpha value is -0.350. The molecule has 2 nitrogen and oxygen atoms in total. The second-order valence-electron chi connectivity index (χ2n) is 2.81. The Labute approximate surface area is 87.0 Å². The number of hydrogen-bond donors (Lipinski definition) is 0. The molecule has 1 aromatic rings. The normalized spacial score (nSPS) is 11.6. The third-order valence-electron chi connectivity index (χ3n) is 1.87. The monoisotopic (exact) mass is 262 g/mol. The minimum absolute atomic E-state index is 0.147. The molecule has 1 rings (SSSR count). The molecule has 0 aromatic heterocycles. The van der Waals surface area contributed by atoms with E-state index in [0.717, 1.165) is 10.0 Å². The van der Waals surface area contributed by atoms with E-state index in [2.05, 4.69) is 15.9 Å². The standard InChI is InChI=1S/C9H11BrO2S/c1-3-13(11,12)8-4-5-9(10)7(2)6-8/h4-6H,3H2,1-2H3. The van der Waals surface area contributed by atoms with Gasteiger partial charge in [0.05, 0.1) is 10.6 Å². The highest BCUT2D eigenvalue weighted by Gasteiger charge is 2.11. The second-order valence-corrected chi connectivity index (χ2v) is 5.95. The van der Waals surface area contributed by atoms with E-state index in [-0.39, 0.29) is 5.75 Å².